The number of aliphatic imine (C=N–C) groups is 1. The van der Waals surface area contributed by atoms with Crippen molar-refractivity contribution in [1.29, 1.82) is 5.26 Å². The van der Waals surface area contributed by atoms with Gasteiger partial charge in [0.1, 0.15) is 33.9 Å². The van der Waals surface area contributed by atoms with Gasteiger partial charge < -0.3 is 13.9 Å². The molecular weight excluding hydrogens is 470 g/mol. The third-order valence-electron chi connectivity index (χ3n) is 5.23. The Morgan fingerprint density at radius 2 is 1.60 bits per heavy atom. The fourth-order valence-electron chi connectivity index (χ4n) is 3.48. The molecule has 0 unspecified atom stereocenters. The number of hydrogen-bond donors (Lipinski definition) is 0. The molecule has 0 fully saturated rings. The molecular formula is C26H18ClN3O5. The second-order valence-electron chi connectivity index (χ2n) is 7.28. The fourth-order valence-corrected chi connectivity index (χ4v) is 3.66. The maximum atomic E-state index is 11.2. The van der Waals surface area contributed by atoms with Crippen molar-refractivity contribution in [1.82, 2.24) is 0 Å². The van der Waals surface area contributed by atoms with E-state index in [0.717, 1.165) is 11.1 Å². The van der Waals surface area contributed by atoms with Crippen LogP contribution in [0.3, 0.4) is 0 Å². The summed E-state index contributed by atoms with van der Waals surface area (Å²) < 4.78 is 16.6. The van der Waals surface area contributed by atoms with Crippen LogP contribution in [0.15, 0.2) is 76.1 Å². The van der Waals surface area contributed by atoms with Gasteiger partial charge in [-0.25, -0.2) is 4.99 Å². The molecule has 0 aliphatic carbocycles. The van der Waals surface area contributed by atoms with Crippen molar-refractivity contribution in [2.24, 2.45) is 4.99 Å². The Morgan fingerprint density at radius 1 is 1.00 bits per heavy atom. The average molecular weight is 488 g/mol. The van der Waals surface area contributed by atoms with Crippen molar-refractivity contribution in [3.63, 3.8) is 0 Å². The van der Waals surface area contributed by atoms with Crippen LogP contribution in [0.4, 0.5) is 11.6 Å². The molecule has 4 rings (SSSR count). The van der Waals surface area contributed by atoms with Crippen molar-refractivity contribution >= 4 is 29.4 Å². The lowest BCUT2D eigenvalue weighted by atomic mass is 9.98. The van der Waals surface area contributed by atoms with E-state index in [9.17, 15) is 15.4 Å². The lowest BCUT2D eigenvalue weighted by molar-refractivity contribution is -0.384. The molecule has 3 aromatic carbocycles. The average Bonchev–Trinajstić information content (AvgIpc) is 3.26. The number of nitro groups is 1. The zero-order valence-electron chi connectivity index (χ0n) is 18.7. The molecule has 0 saturated heterocycles. The molecule has 174 valence electrons. The maximum Gasteiger partial charge on any atom is 0.288 e. The summed E-state index contributed by atoms with van der Waals surface area (Å²) in [7, 11) is 3.15. The first kappa shape index (κ1) is 23.5. The second kappa shape index (κ2) is 10.1. The molecule has 9 heteroatoms. The van der Waals surface area contributed by atoms with Gasteiger partial charge in [-0.3, -0.25) is 10.1 Å². The summed E-state index contributed by atoms with van der Waals surface area (Å²) in [6.07, 6.45) is 1.39. The van der Waals surface area contributed by atoms with E-state index in [1.165, 1.54) is 18.3 Å². The van der Waals surface area contributed by atoms with E-state index in [0.29, 0.717) is 28.4 Å². The van der Waals surface area contributed by atoms with Crippen LogP contribution >= 0.6 is 11.6 Å². The monoisotopic (exact) mass is 487 g/mol. The van der Waals surface area contributed by atoms with Crippen LogP contribution in [0.1, 0.15) is 11.1 Å². The number of nitriles is 1. The van der Waals surface area contributed by atoms with E-state index < -0.39 is 4.92 Å². The summed E-state index contributed by atoms with van der Waals surface area (Å²) >= 11 is 5.89. The minimum absolute atomic E-state index is 0.0199. The van der Waals surface area contributed by atoms with Crippen LogP contribution in [-0.4, -0.2) is 25.4 Å². The summed E-state index contributed by atoms with van der Waals surface area (Å²) in [5.41, 5.74) is 2.43. The number of nitrogens with zero attached hydrogens (tertiary/aromatic N) is 3. The molecule has 0 N–H and O–H groups in total. The summed E-state index contributed by atoms with van der Waals surface area (Å²) in [4.78, 5) is 15.0. The maximum absolute atomic E-state index is 11.2. The number of furan rings is 1. The number of halogens is 1. The molecule has 0 aliphatic heterocycles. The molecule has 0 saturated carbocycles. The van der Waals surface area contributed by atoms with Gasteiger partial charge in [-0.15, -0.1) is 0 Å². The number of hydrogen-bond acceptors (Lipinski definition) is 7. The fraction of sp³-hybridized carbons (Fsp3) is 0.0769. The highest BCUT2D eigenvalue weighted by Crippen LogP contribution is 2.43. The van der Waals surface area contributed by atoms with Crippen LogP contribution in [0.25, 0.3) is 22.5 Å². The minimum atomic E-state index is -0.573. The van der Waals surface area contributed by atoms with Crippen LogP contribution in [0.2, 0.25) is 5.02 Å². The zero-order valence-corrected chi connectivity index (χ0v) is 19.4. The van der Waals surface area contributed by atoms with Gasteiger partial charge in [-0.1, -0.05) is 29.8 Å². The van der Waals surface area contributed by atoms with Crippen molar-refractivity contribution < 1.29 is 18.8 Å². The highest BCUT2D eigenvalue weighted by molar-refractivity contribution is 6.32. The predicted molar refractivity (Wildman–Crippen MR) is 133 cm³/mol. The van der Waals surface area contributed by atoms with Gasteiger partial charge in [-0.2, -0.15) is 5.26 Å². The summed E-state index contributed by atoms with van der Waals surface area (Å²) in [5, 5.41) is 21.2. The Labute approximate surface area is 205 Å². The van der Waals surface area contributed by atoms with E-state index >= 15 is 0 Å². The number of ether oxygens (including phenoxy) is 2. The highest BCUT2D eigenvalue weighted by atomic mass is 35.5. The van der Waals surface area contributed by atoms with Gasteiger partial charge in [0.15, 0.2) is 0 Å². The molecule has 0 bridgehead atoms. The Morgan fingerprint density at radius 3 is 2.14 bits per heavy atom. The van der Waals surface area contributed by atoms with E-state index in [4.69, 9.17) is 25.5 Å². The van der Waals surface area contributed by atoms with Crippen LogP contribution in [0, 0.1) is 21.4 Å². The lowest BCUT2D eigenvalue weighted by Gasteiger charge is -2.06. The zero-order chi connectivity index (χ0) is 24.9. The first-order valence-electron chi connectivity index (χ1n) is 10.3. The van der Waals surface area contributed by atoms with Crippen LogP contribution in [0.5, 0.6) is 11.5 Å². The smallest absolute Gasteiger partial charge is 0.288 e. The Kier molecular flexibility index (Phi) is 6.81. The molecule has 0 aliphatic rings. The molecule has 8 nitrogen and oxygen atoms in total. The highest BCUT2D eigenvalue weighted by Gasteiger charge is 2.23. The van der Waals surface area contributed by atoms with E-state index in [-0.39, 0.29) is 22.2 Å². The molecule has 0 radical (unpaired) electrons. The van der Waals surface area contributed by atoms with E-state index in [1.54, 1.807) is 44.6 Å². The Bertz CT molecular complexity index is 1450. The molecule has 1 heterocycles. The third kappa shape index (κ3) is 4.86. The van der Waals surface area contributed by atoms with Gasteiger partial charge in [0.25, 0.3) is 5.69 Å². The molecule has 4 aromatic rings. The van der Waals surface area contributed by atoms with Gasteiger partial charge in [0.05, 0.1) is 19.1 Å². The van der Waals surface area contributed by atoms with Gasteiger partial charge in [-0.05, 0) is 53.6 Å². The normalized spacial score (nSPS) is 10.8. The first-order chi connectivity index (χ1) is 16.9. The second-order valence-corrected chi connectivity index (χ2v) is 7.69. The SMILES string of the molecule is COc1ccc(-c2oc(N=Cc3ccc(Cl)c([N+](=O)[O-])c3)c(C#N)c2-c2ccc(OC)cc2)cc1. The van der Waals surface area contributed by atoms with Crippen molar-refractivity contribution in [3.8, 4) is 40.0 Å². The lowest BCUT2D eigenvalue weighted by Crippen LogP contribution is -1.91. The number of nitro benzene ring substituents is 1. The van der Waals surface area contributed by atoms with E-state index in [1.807, 2.05) is 24.3 Å². The largest absolute Gasteiger partial charge is 0.497 e. The number of methoxy groups -OCH3 is 2. The number of rotatable bonds is 7. The van der Waals surface area contributed by atoms with Crippen molar-refractivity contribution in [2.75, 3.05) is 14.2 Å². The van der Waals surface area contributed by atoms with Crippen molar-refractivity contribution in [3.05, 3.63) is 93.0 Å². The first-order valence-corrected chi connectivity index (χ1v) is 10.7. The molecule has 0 spiro atoms. The van der Waals surface area contributed by atoms with Gasteiger partial charge in [0, 0.05) is 23.4 Å². The summed E-state index contributed by atoms with van der Waals surface area (Å²) in [6.45, 7) is 0. The quantitative estimate of drug-likeness (QED) is 0.161. The van der Waals surface area contributed by atoms with Crippen molar-refractivity contribution in [2.45, 2.75) is 0 Å². The predicted octanol–water partition coefficient (Wildman–Crippen LogP) is 6.81. The number of benzene rings is 3. The Balaban J connectivity index is 1.85. The standard InChI is InChI=1S/C26H18ClN3O5/c1-33-19-8-4-17(5-9-19)24-21(14-28)26(35-25(24)18-6-10-20(34-2)11-7-18)29-15-16-3-12-22(27)23(13-16)30(31)32/h3-13,15H,1-2H3. The summed E-state index contributed by atoms with van der Waals surface area (Å²) in [6, 6.07) is 20.9. The minimum Gasteiger partial charge on any atom is -0.497 e. The van der Waals surface area contributed by atoms with E-state index in [2.05, 4.69) is 11.1 Å². The van der Waals surface area contributed by atoms with Crippen LogP contribution < -0.4 is 9.47 Å². The third-order valence-corrected chi connectivity index (χ3v) is 5.55. The van der Waals surface area contributed by atoms with Crippen LogP contribution in [-0.2, 0) is 0 Å². The molecule has 35 heavy (non-hydrogen) atoms. The topological polar surface area (TPSA) is 111 Å². The van der Waals surface area contributed by atoms with Gasteiger partial charge in [0.2, 0.25) is 5.88 Å². The molecule has 0 atom stereocenters. The summed E-state index contributed by atoms with van der Waals surface area (Å²) in [5.74, 6) is 1.86. The Hall–Kier alpha value is -4.61. The van der Waals surface area contributed by atoms with Gasteiger partial charge >= 0.3 is 0 Å². The molecule has 1 aromatic heterocycles. The molecule has 0 amide bonds.